The van der Waals surface area contributed by atoms with Gasteiger partial charge in [0.25, 0.3) is 0 Å². The molecule has 33 heavy (non-hydrogen) atoms. The molecule has 2 N–H and O–H groups in total. The Labute approximate surface area is 192 Å². The Morgan fingerprint density at radius 1 is 1.09 bits per heavy atom. The molecule has 2 bridgehead atoms. The van der Waals surface area contributed by atoms with Crippen molar-refractivity contribution in [3.8, 4) is 0 Å². The number of benzene rings is 1. The van der Waals surface area contributed by atoms with E-state index in [1.54, 1.807) is 0 Å². The van der Waals surface area contributed by atoms with Gasteiger partial charge >= 0.3 is 0 Å². The van der Waals surface area contributed by atoms with E-state index in [-0.39, 0.29) is 59.9 Å². The molecule has 3 heterocycles. The Kier molecular flexibility index (Phi) is 7.35. The maximum Gasteiger partial charge on any atom is 0.224 e. The van der Waals surface area contributed by atoms with Gasteiger partial charge in [-0.2, -0.15) is 0 Å². The van der Waals surface area contributed by atoms with Gasteiger partial charge in [-0.15, -0.1) is 0 Å². The lowest BCUT2D eigenvalue weighted by molar-refractivity contribution is -0.136. The van der Waals surface area contributed by atoms with Crippen molar-refractivity contribution in [3.63, 3.8) is 0 Å². The molecule has 4 rings (SSSR count). The fourth-order valence-electron chi connectivity index (χ4n) is 5.63. The number of halogens is 3. The van der Waals surface area contributed by atoms with Crippen LogP contribution in [0.4, 0.5) is 13.2 Å². The number of carbonyl (C=O) groups excluding carboxylic acids is 1. The van der Waals surface area contributed by atoms with Crippen LogP contribution >= 0.6 is 0 Å². The van der Waals surface area contributed by atoms with Gasteiger partial charge in [0.15, 0.2) is 21.5 Å². The lowest BCUT2D eigenvalue weighted by Gasteiger charge is -2.41. The van der Waals surface area contributed by atoms with E-state index in [9.17, 15) is 26.4 Å². The highest BCUT2D eigenvalue weighted by atomic mass is 32.2. The first-order chi connectivity index (χ1) is 15.6. The van der Waals surface area contributed by atoms with Crippen LogP contribution in [0.5, 0.6) is 0 Å². The van der Waals surface area contributed by atoms with E-state index in [4.69, 9.17) is 10.5 Å². The monoisotopic (exact) mass is 488 g/mol. The number of amides is 1. The summed E-state index contributed by atoms with van der Waals surface area (Å²) < 4.78 is 70.9. The second kappa shape index (κ2) is 9.92. The molecule has 3 aliphatic rings. The smallest absolute Gasteiger partial charge is 0.224 e. The van der Waals surface area contributed by atoms with Crippen LogP contribution in [0.25, 0.3) is 0 Å². The Balaban J connectivity index is 1.32. The number of sulfone groups is 1. The minimum Gasteiger partial charge on any atom is -0.377 e. The van der Waals surface area contributed by atoms with E-state index < -0.39 is 33.3 Å². The zero-order chi connectivity index (χ0) is 23.8. The number of nitrogens with zero attached hydrogens (tertiary/aromatic N) is 1. The minimum atomic E-state index is -3.37. The van der Waals surface area contributed by atoms with Gasteiger partial charge in [-0.1, -0.05) is 0 Å². The van der Waals surface area contributed by atoms with Crippen LogP contribution in [0.3, 0.4) is 0 Å². The van der Waals surface area contributed by atoms with Crippen molar-refractivity contribution in [1.82, 2.24) is 4.90 Å². The predicted molar refractivity (Wildman–Crippen MR) is 117 cm³/mol. The van der Waals surface area contributed by atoms with Gasteiger partial charge in [-0.3, -0.25) is 4.79 Å². The van der Waals surface area contributed by atoms with E-state index in [0.717, 1.165) is 31.7 Å². The fourth-order valence-corrected chi connectivity index (χ4v) is 7.11. The Morgan fingerprint density at radius 2 is 1.76 bits per heavy atom. The van der Waals surface area contributed by atoms with Crippen LogP contribution in [0, 0.1) is 23.4 Å². The predicted octanol–water partition coefficient (Wildman–Crippen LogP) is 2.73. The highest BCUT2D eigenvalue weighted by Gasteiger charge is 2.44. The van der Waals surface area contributed by atoms with Gasteiger partial charge in [0, 0.05) is 37.2 Å². The molecule has 3 fully saturated rings. The van der Waals surface area contributed by atoms with E-state index in [1.165, 1.54) is 0 Å². The van der Waals surface area contributed by atoms with Gasteiger partial charge < -0.3 is 15.4 Å². The van der Waals surface area contributed by atoms with Crippen LogP contribution in [-0.2, 0) is 25.8 Å². The van der Waals surface area contributed by atoms with Crippen molar-refractivity contribution in [2.24, 2.45) is 11.7 Å². The van der Waals surface area contributed by atoms with Crippen LogP contribution in [0.2, 0.25) is 0 Å². The number of nitrogens with two attached hydrogens (primary N) is 1. The van der Waals surface area contributed by atoms with Crippen molar-refractivity contribution < 1.29 is 31.1 Å². The molecule has 1 amide bonds. The van der Waals surface area contributed by atoms with Crippen LogP contribution in [0.15, 0.2) is 12.1 Å². The van der Waals surface area contributed by atoms with E-state index in [2.05, 4.69) is 0 Å². The summed E-state index contributed by atoms with van der Waals surface area (Å²) in [5, 5.41) is 0. The number of rotatable bonds is 8. The molecule has 5 atom stereocenters. The van der Waals surface area contributed by atoms with Crippen molar-refractivity contribution in [3.05, 3.63) is 35.1 Å². The normalized spacial score (nSPS) is 28.3. The second-order valence-electron chi connectivity index (χ2n) is 9.64. The maximum atomic E-state index is 14.0. The molecule has 3 aliphatic heterocycles. The maximum absolute atomic E-state index is 14.0. The average molecular weight is 489 g/mol. The number of fused-ring (bicyclic) bond motifs is 2. The Hall–Kier alpha value is -1.65. The minimum absolute atomic E-state index is 0.0160. The fraction of sp³-hybridized carbons (Fsp3) is 0.696. The molecule has 0 aliphatic carbocycles. The van der Waals surface area contributed by atoms with E-state index in [0.29, 0.717) is 25.5 Å². The molecule has 6 nitrogen and oxygen atoms in total. The summed E-state index contributed by atoms with van der Waals surface area (Å²) in [5.74, 6) is -3.51. The SMILES string of the molecule is NC(Cc1cc(F)c(F)cc1F)[C@@H]1C[C@H]2CC[C@@H](C1)N2C(=O)CCS(=O)(=O)CC1CCCO1. The topological polar surface area (TPSA) is 89.7 Å². The first-order valence-electron chi connectivity index (χ1n) is 11.6. The Bertz CT molecular complexity index is 970. The number of carbonyl (C=O) groups is 1. The molecule has 184 valence electrons. The number of hydrogen-bond acceptors (Lipinski definition) is 5. The van der Waals surface area contributed by atoms with E-state index >= 15 is 0 Å². The van der Waals surface area contributed by atoms with Crippen molar-refractivity contribution in [2.45, 2.75) is 75.6 Å². The third kappa shape index (κ3) is 5.71. The molecule has 3 saturated heterocycles. The molecular formula is C23H31F3N2O4S. The summed E-state index contributed by atoms with van der Waals surface area (Å²) in [6.45, 7) is 0.586. The molecule has 0 aromatic heterocycles. The van der Waals surface area contributed by atoms with Gasteiger partial charge in [0.2, 0.25) is 5.91 Å². The lowest BCUT2D eigenvalue weighted by Crippen LogP contribution is -2.50. The number of piperidine rings is 1. The van der Waals surface area contributed by atoms with Crippen LogP contribution in [0.1, 0.15) is 50.5 Å². The van der Waals surface area contributed by atoms with Crippen molar-refractivity contribution in [1.29, 1.82) is 0 Å². The van der Waals surface area contributed by atoms with Crippen LogP contribution in [-0.4, -0.2) is 61.6 Å². The zero-order valence-electron chi connectivity index (χ0n) is 18.5. The molecule has 2 unspecified atom stereocenters. The standard InChI is InChI=1S/C23H31F3N2O4S/c24-19-12-21(26)20(25)10-14(19)11-22(27)15-8-16-3-4-17(9-15)28(16)23(29)5-7-33(30,31)13-18-2-1-6-32-18/h10,12,15-18,22H,1-9,11,13,27H2/t15-,16-,17+,18?,22?. The molecule has 0 spiro atoms. The molecule has 1 aromatic carbocycles. The second-order valence-corrected chi connectivity index (χ2v) is 11.9. The molecule has 0 saturated carbocycles. The summed E-state index contributed by atoms with van der Waals surface area (Å²) in [7, 11) is -3.37. The number of hydrogen-bond donors (Lipinski definition) is 1. The zero-order valence-corrected chi connectivity index (χ0v) is 19.3. The molecule has 1 aromatic rings. The first-order valence-corrected chi connectivity index (χ1v) is 13.5. The summed E-state index contributed by atoms with van der Waals surface area (Å²) >= 11 is 0. The highest BCUT2D eigenvalue weighted by molar-refractivity contribution is 7.91. The van der Waals surface area contributed by atoms with Gasteiger partial charge in [-0.25, -0.2) is 21.6 Å². The summed E-state index contributed by atoms with van der Waals surface area (Å²) in [5.41, 5.74) is 6.37. The lowest BCUT2D eigenvalue weighted by atomic mass is 9.82. The third-order valence-electron chi connectivity index (χ3n) is 7.30. The summed E-state index contributed by atoms with van der Waals surface area (Å²) in [6.07, 6.45) is 4.29. The summed E-state index contributed by atoms with van der Waals surface area (Å²) in [6, 6.07) is 0.895. The largest absolute Gasteiger partial charge is 0.377 e. The van der Waals surface area contributed by atoms with Gasteiger partial charge in [0.05, 0.1) is 17.6 Å². The Morgan fingerprint density at radius 3 is 2.39 bits per heavy atom. The van der Waals surface area contributed by atoms with Crippen molar-refractivity contribution in [2.75, 3.05) is 18.1 Å². The first kappa shape index (κ1) is 24.5. The van der Waals surface area contributed by atoms with Gasteiger partial charge in [0.1, 0.15) is 5.82 Å². The van der Waals surface area contributed by atoms with Gasteiger partial charge in [-0.05, 0) is 62.5 Å². The van der Waals surface area contributed by atoms with E-state index in [1.807, 2.05) is 4.90 Å². The molecule has 10 heteroatoms. The third-order valence-corrected chi connectivity index (χ3v) is 9.00. The highest BCUT2D eigenvalue weighted by Crippen LogP contribution is 2.40. The van der Waals surface area contributed by atoms with Crippen LogP contribution < -0.4 is 5.73 Å². The number of ether oxygens (including phenoxy) is 1. The van der Waals surface area contributed by atoms with Crippen molar-refractivity contribution >= 4 is 15.7 Å². The quantitative estimate of drug-likeness (QED) is 0.569. The summed E-state index contributed by atoms with van der Waals surface area (Å²) in [4.78, 5) is 14.7. The average Bonchev–Trinajstić information content (AvgIpc) is 3.35. The molecular weight excluding hydrogens is 457 g/mol. The molecule has 0 radical (unpaired) electrons.